The summed E-state index contributed by atoms with van der Waals surface area (Å²) in [5, 5.41) is 9.06. The maximum absolute atomic E-state index is 13.1. The largest absolute Gasteiger partial charge is 0.326 e. The highest BCUT2D eigenvalue weighted by Crippen LogP contribution is 2.15. The van der Waals surface area contributed by atoms with Gasteiger partial charge in [-0.25, -0.2) is 8.78 Å². The van der Waals surface area contributed by atoms with E-state index in [4.69, 9.17) is 5.26 Å². The van der Waals surface area contributed by atoms with Gasteiger partial charge in [-0.2, -0.15) is 5.26 Å². The average molecular weight is 266 g/mol. The van der Waals surface area contributed by atoms with E-state index in [2.05, 4.69) is 0 Å². The maximum Gasteiger partial charge on any atom is 0.254 e. The highest BCUT2D eigenvalue weighted by Gasteiger charge is 2.22. The van der Waals surface area contributed by atoms with Gasteiger partial charge in [-0.3, -0.25) is 4.79 Å². The molecule has 0 aliphatic carbocycles. The number of hydrogen-bond acceptors (Lipinski definition) is 2. The summed E-state index contributed by atoms with van der Waals surface area (Å²) < 4.78 is 25.9. The topological polar surface area (TPSA) is 44.1 Å². The summed E-state index contributed by atoms with van der Waals surface area (Å²) in [5.74, 6) is -2.31. The lowest BCUT2D eigenvalue weighted by molar-refractivity contribution is 0.0751. The SMILES string of the molecule is CC(C)CC(C#N)N(C)C(=O)c1ccc(F)c(F)c1. The molecule has 1 amide bonds. The van der Waals surface area contributed by atoms with E-state index in [0.717, 1.165) is 12.1 Å². The fourth-order valence-corrected chi connectivity index (χ4v) is 1.72. The Morgan fingerprint density at radius 2 is 2.00 bits per heavy atom. The third-order valence-corrected chi connectivity index (χ3v) is 2.80. The highest BCUT2D eigenvalue weighted by molar-refractivity contribution is 5.94. The molecule has 0 N–H and O–H groups in total. The lowest BCUT2D eigenvalue weighted by atomic mass is 10.0. The quantitative estimate of drug-likeness (QED) is 0.841. The smallest absolute Gasteiger partial charge is 0.254 e. The standard InChI is InChI=1S/C14H16F2N2O/c1-9(2)6-11(8-17)18(3)14(19)10-4-5-12(15)13(16)7-10/h4-5,7,9,11H,6H2,1-3H3. The van der Waals surface area contributed by atoms with Crippen LogP contribution in [0.15, 0.2) is 18.2 Å². The van der Waals surface area contributed by atoms with Crippen LogP contribution in [0.4, 0.5) is 8.78 Å². The Bertz CT molecular complexity index is 509. The molecule has 0 aliphatic rings. The highest BCUT2D eigenvalue weighted by atomic mass is 19.2. The van der Waals surface area contributed by atoms with Crippen molar-refractivity contribution in [2.24, 2.45) is 5.92 Å². The van der Waals surface area contributed by atoms with E-state index in [-0.39, 0.29) is 11.5 Å². The van der Waals surface area contributed by atoms with E-state index in [9.17, 15) is 13.6 Å². The monoisotopic (exact) mass is 266 g/mol. The van der Waals surface area contributed by atoms with Crippen molar-refractivity contribution in [1.29, 1.82) is 5.26 Å². The van der Waals surface area contributed by atoms with Gasteiger partial charge in [-0.1, -0.05) is 13.8 Å². The summed E-state index contributed by atoms with van der Waals surface area (Å²) in [6.45, 7) is 3.89. The van der Waals surface area contributed by atoms with Crippen molar-refractivity contribution in [2.75, 3.05) is 7.05 Å². The first-order valence-corrected chi connectivity index (χ1v) is 5.98. The van der Waals surface area contributed by atoms with Gasteiger partial charge >= 0.3 is 0 Å². The van der Waals surface area contributed by atoms with E-state index in [0.29, 0.717) is 6.42 Å². The van der Waals surface area contributed by atoms with Crippen molar-refractivity contribution < 1.29 is 13.6 Å². The molecule has 0 bridgehead atoms. The van der Waals surface area contributed by atoms with Crippen LogP contribution in [-0.2, 0) is 0 Å². The van der Waals surface area contributed by atoms with Crippen molar-refractivity contribution in [3.63, 3.8) is 0 Å². The molecular formula is C14H16F2N2O. The molecule has 0 saturated carbocycles. The molecule has 0 aliphatic heterocycles. The molecule has 0 saturated heterocycles. The zero-order chi connectivity index (χ0) is 14.6. The minimum Gasteiger partial charge on any atom is -0.326 e. The van der Waals surface area contributed by atoms with Gasteiger partial charge in [0.15, 0.2) is 11.6 Å². The first-order valence-electron chi connectivity index (χ1n) is 5.98. The Balaban J connectivity index is 2.92. The molecule has 5 heteroatoms. The zero-order valence-electron chi connectivity index (χ0n) is 11.2. The van der Waals surface area contributed by atoms with E-state index >= 15 is 0 Å². The molecule has 0 fully saturated rings. The maximum atomic E-state index is 13.1. The van der Waals surface area contributed by atoms with Gasteiger partial charge in [0.25, 0.3) is 5.91 Å². The normalized spacial score (nSPS) is 12.1. The molecule has 1 aromatic carbocycles. The van der Waals surface area contributed by atoms with Crippen LogP contribution in [0, 0.1) is 28.9 Å². The summed E-state index contributed by atoms with van der Waals surface area (Å²) in [5.41, 5.74) is 0.0328. The predicted octanol–water partition coefficient (Wildman–Crippen LogP) is 2.98. The van der Waals surface area contributed by atoms with Crippen LogP contribution < -0.4 is 0 Å². The third kappa shape index (κ3) is 3.75. The van der Waals surface area contributed by atoms with Crippen LogP contribution in [0.25, 0.3) is 0 Å². The summed E-state index contributed by atoms with van der Waals surface area (Å²) in [7, 11) is 1.49. The second-order valence-electron chi connectivity index (χ2n) is 4.82. The summed E-state index contributed by atoms with van der Waals surface area (Å²) in [6, 6.07) is 4.42. The predicted molar refractivity (Wildman–Crippen MR) is 67.3 cm³/mol. The molecule has 3 nitrogen and oxygen atoms in total. The fraction of sp³-hybridized carbons (Fsp3) is 0.429. The molecule has 0 heterocycles. The number of carbonyl (C=O) groups excluding carboxylic acids is 1. The van der Waals surface area contributed by atoms with Gasteiger partial charge in [0, 0.05) is 12.6 Å². The fourth-order valence-electron chi connectivity index (χ4n) is 1.72. The third-order valence-electron chi connectivity index (χ3n) is 2.80. The van der Waals surface area contributed by atoms with E-state index in [1.165, 1.54) is 18.0 Å². The van der Waals surface area contributed by atoms with E-state index in [1.807, 2.05) is 19.9 Å². The zero-order valence-corrected chi connectivity index (χ0v) is 11.2. The number of amides is 1. The molecular weight excluding hydrogens is 250 g/mol. The van der Waals surface area contributed by atoms with Crippen LogP contribution in [0.3, 0.4) is 0 Å². The van der Waals surface area contributed by atoms with Gasteiger partial charge in [0.05, 0.1) is 6.07 Å². The minimum absolute atomic E-state index is 0.0328. The summed E-state index contributed by atoms with van der Waals surface area (Å²) in [4.78, 5) is 13.3. The molecule has 19 heavy (non-hydrogen) atoms. The number of carbonyl (C=O) groups is 1. The Hall–Kier alpha value is -1.96. The van der Waals surface area contributed by atoms with E-state index in [1.54, 1.807) is 0 Å². The van der Waals surface area contributed by atoms with Crippen molar-refractivity contribution in [1.82, 2.24) is 4.90 Å². The van der Waals surface area contributed by atoms with Crippen LogP contribution in [0.5, 0.6) is 0 Å². The number of hydrogen-bond donors (Lipinski definition) is 0. The van der Waals surface area contributed by atoms with Crippen molar-refractivity contribution in [2.45, 2.75) is 26.3 Å². The second kappa shape index (κ2) is 6.28. The van der Waals surface area contributed by atoms with Crippen LogP contribution in [-0.4, -0.2) is 23.9 Å². The van der Waals surface area contributed by atoms with Crippen molar-refractivity contribution in [3.05, 3.63) is 35.4 Å². The number of rotatable bonds is 4. The number of nitrogens with zero attached hydrogens (tertiary/aromatic N) is 2. The molecule has 0 radical (unpaired) electrons. The number of benzene rings is 1. The number of nitriles is 1. The first-order chi connectivity index (χ1) is 8.86. The summed E-state index contributed by atoms with van der Waals surface area (Å²) in [6.07, 6.45) is 0.530. The molecule has 1 aromatic rings. The molecule has 1 atom stereocenters. The lowest BCUT2D eigenvalue weighted by Gasteiger charge is -2.24. The van der Waals surface area contributed by atoms with Gasteiger partial charge in [0.2, 0.25) is 0 Å². The molecule has 0 aromatic heterocycles. The van der Waals surface area contributed by atoms with Gasteiger partial charge in [0.1, 0.15) is 6.04 Å². The Morgan fingerprint density at radius 1 is 1.37 bits per heavy atom. The Kier molecular flexibility index (Phi) is 4.99. The molecule has 1 rings (SSSR count). The van der Waals surface area contributed by atoms with Gasteiger partial charge < -0.3 is 4.90 Å². The Labute approximate surface area is 111 Å². The first kappa shape index (κ1) is 15.1. The minimum atomic E-state index is -1.07. The average Bonchev–Trinajstić information content (AvgIpc) is 2.37. The summed E-state index contributed by atoms with van der Waals surface area (Å²) >= 11 is 0. The number of halogens is 2. The van der Waals surface area contributed by atoms with Crippen LogP contribution in [0.1, 0.15) is 30.6 Å². The van der Waals surface area contributed by atoms with Crippen LogP contribution in [0.2, 0.25) is 0 Å². The second-order valence-corrected chi connectivity index (χ2v) is 4.82. The van der Waals surface area contributed by atoms with Gasteiger partial charge in [-0.05, 0) is 30.5 Å². The Morgan fingerprint density at radius 3 is 2.47 bits per heavy atom. The van der Waals surface area contributed by atoms with Gasteiger partial charge in [-0.15, -0.1) is 0 Å². The van der Waals surface area contributed by atoms with E-state index < -0.39 is 23.6 Å². The van der Waals surface area contributed by atoms with Crippen LogP contribution >= 0.6 is 0 Å². The molecule has 0 spiro atoms. The lowest BCUT2D eigenvalue weighted by Crippen LogP contribution is -2.37. The molecule has 1 unspecified atom stereocenters. The molecule has 102 valence electrons. The van der Waals surface area contributed by atoms with Crippen molar-refractivity contribution >= 4 is 5.91 Å². The van der Waals surface area contributed by atoms with Crippen molar-refractivity contribution in [3.8, 4) is 6.07 Å².